The van der Waals surface area contributed by atoms with E-state index in [-0.39, 0.29) is 18.0 Å². The molecule has 0 saturated carbocycles. The van der Waals surface area contributed by atoms with Gasteiger partial charge >= 0.3 is 0 Å². The van der Waals surface area contributed by atoms with Crippen molar-refractivity contribution in [2.75, 3.05) is 14.2 Å². The van der Waals surface area contributed by atoms with Gasteiger partial charge in [-0.15, -0.1) is 0 Å². The number of carbonyl (C=O) groups excluding carboxylic acids is 1. The lowest BCUT2D eigenvalue weighted by Crippen LogP contribution is -2.04. The Morgan fingerprint density at radius 3 is 2.43 bits per heavy atom. The fourth-order valence-corrected chi connectivity index (χ4v) is 2.52. The summed E-state index contributed by atoms with van der Waals surface area (Å²) in [5.74, 6) is 0.555. The molecule has 2 aromatic rings. The lowest BCUT2D eigenvalue weighted by Gasteiger charge is -2.09. The van der Waals surface area contributed by atoms with Gasteiger partial charge in [0.1, 0.15) is 5.82 Å². The second-order valence-electron chi connectivity index (χ2n) is 4.45. The number of ketones is 1. The van der Waals surface area contributed by atoms with E-state index in [2.05, 4.69) is 15.9 Å². The molecule has 0 unspecified atom stereocenters. The predicted octanol–water partition coefficient (Wildman–Crippen LogP) is 4.03. The molecule has 0 atom stereocenters. The van der Waals surface area contributed by atoms with Gasteiger partial charge in [0.2, 0.25) is 0 Å². The maximum Gasteiger partial charge on any atom is 0.167 e. The Kier molecular flexibility index (Phi) is 4.96. The number of hydrogen-bond acceptors (Lipinski definition) is 3. The summed E-state index contributed by atoms with van der Waals surface area (Å²) in [6.45, 7) is 0. The molecule has 0 aliphatic rings. The molecule has 21 heavy (non-hydrogen) atoms. The van der Waals surface area contributed by atoms with E-state index in [0.29, 0.717) is 27.1 Å². The number of methoxy groups -OCH3 is 2. The van der Waals surface area contributed by atoms with Crippen molar-refractivity contribution < 1.29 is 18.7 Å². The van der Waals surface area contributed by atoms with Crippen molar-refractivity contribution in [2.45, 2.75) is 6.42 Å². The van der Waals surface area contributed by atoms with Crippen LogP contribution in [0.4, 0.5) is 4.39 Å². The Hall–Kier alpha value is -1.88. The van der Waals surface area contributed by atoms with Crippen molar-refractivity contribution in [1.29, 1.82) is 0 Å². The van der Waals surface area contributed by atoms with Crippen molar-refractivity contribution in [3.05, 3.63) is 57.8 Å². The molecular formula is C16H14BrFO3. The minimum absolute atomic E-state index is 0.117. The van der Waals surface area contributed by atoms with Crippen LogP contribution in [0.2, 0.25) is 0 Å². The number of ether oxygens (including phenoxy) is 2. The third-order valence-electron chi connectivity index (χ3n) is 2.99. The van der Waals surface area contributed by atoms with Crippen LogP contribution in [-0.4, -0.2) is 20.0 Å². The van der Waals surface area contributed by atoms with Gasteiger partial charge in [0.05, 0.1) is 14.2 Å². The Morgan fingerprint density at radius 1 is 1.10 bits per heavy atom. The van der Waals surface area contributed by atoms with Gasteiger partial charge in [0.25, 0.3) is 0 Å². The van der Waals surface area contributed by atoms with E-state index in [9.17, 15) is 9.18 Å². The zero-order valence-corrected chi connectivity index (χ0v) is 13.2. The smallest absolute Gasteiger partial charge is 0.167 e. The minimum atomic E-state index is -0.375. The number of hydrogen-bond donors (Lipinski definition) is 0. The van der Waals surface area contributed by atoms with Crippen LogP contribution in [0.5, 0.6) is 11.5 Å². The highest BCUT2D eigenvalue weighted by Crippen LogP contribution is 2.28. The molecule has 0 bridgehead atoms. The summed E-state index contributed by atoms with van der Waals surface area (Å²) in [6.07, 6.45) is 0.117. The van der Waals surface area contributed by atoms with E-state index < -0.39 is 0 Å². The molecule has 0 aliphatic heterocycles. The molecule has 0 N–H and O–H groups in total. The summed E-state index contributed by atoms with van der Waals surface area (Å²) in [6, 6.07) is 9.39. The Bertz CT molecular complexity index is 650. The van der Waals surface area contributed by atoms with Crippen LogP contribution >= 0.6 is 15.9 Å². The zero-order valence-electron chi connectivity index (χ0n) is 11.7. The average molecular weight is 353 g/mol. The van der Waals surface area contributed by atoms with Crippen molar-refractivity contribution in [3.63, 3.8) is 0 Å². The minimum Gasteiger partial charge on any atom is -0.493 e. The first-order chi connectivity index (χ1) is 10.0. The SMILES string of the molecule is COc1ccc(C(=O)Cc2cc(F)cc(Br)c2)cc1OC. The molecule has 3 nitrogen and oxygen atoms in total. The van der Waals surface area contributed by atoms with Crippen LogP contribution in [0.1, 0.15) is 15.9 Å². The third-order valence-corrected chi connectivity index (χ3v) is 3.45. The summed E-state index contributed by atoms with van der Waals surface area (Å²) in [4.78, 5) is 12.3. The third kappa shape index (κ3) is 3.82. The highest BCUT2D eigenvalue weighted by molar-refractivity contribution is 9.10. The summed E-state index contributed by atoms with van der Waals surface area (Å²) in [7, 11) is 3.04. The van der Waals surface area contributed by atoms with Gasteiger partial charge in [-0.2, -0.15) is 0 Å². The van der Waals surface area contributed by atoms with E-state index in [1.54, 1.807) is 24.3 Å². The van der Waals surface area contributed by atoms with Crippen LogP contribution in [0.15, 0.2) is 40.9 Å². The number of Topliss-reactive ketones (excluding diaryl/α,β-unsaturated/α-hetero) is 1. The number of benzene rings is 2. The lowest BCUT2D eigenvalue weighted by atomic mass is 10.0. The van der Waals surface area contributed by atoms with Gasteiger partial charge in [0.15, 0.2) is 17.3 Å². The van der Waals surface area contributed by atoms with Crippen molar-refractivity contribution in [3.8, 4) is 11.5 Å². The second-order valence-corrected chi connectivity index (χ2v) is 5.36. The fourth-order valence-electron chi connectivity index (χ4n) is 2.01. The maximum absolute atomic E-state index is 13.3. The predicted molar refractivity (Wildman–Crippen MR) is 81.7 cm³/mol. The highest BCUT2D eigenvalue weighted by atomic mass is 79.9. The standard InChI is InChI=1S/C16H14BrFO3/c1-20-15-4-3-11(8-16(15)21-2)14(19)7-10-5-12(17)9-13(18)6-10/h3-6,8-9H,7H2,1-2H3. The van der Waals surface area contributed by atoms with Gasteiger partial charge in [-0.05, 0) is 42.0 Å². The van der Waals surface area contributed by atoms with Crippen molar-refractivity contribution in [2.24, 2.45) is 0 Å². The molecule has 0 spiro atoms. The molecule has 2 aromatic carbocycles. The monoisotopic (exact) mass is 352 g/mol. The molecule has 0 amide bonds. The van der Waals surface area contributed by atoms with Gasteiger partial charge < -0.3 is 9.47 Å². The van der Waals surface area contributed by atoms with E-state index in [1.807, 2.05) is 0 Å². The van der Waals surface area contributed by atoms with E-state index in [4.69, 9.17) is 9.47 Å². The van der Waals surface area contributed by atoms with Gasteiger partial charge in [-0.1, -0.05) is 15.9 Å². The van der Waals surface area contributed by atoms with Gasteiger partial charge in [-0.3, -0.25) is 4.79 Å². The Morgan fingerprint density at radius 2 is 1.81 bits per heavy atom. The molecule has 110 valence electrons. The number of carbonyl (C=O) groups is 1. The second kappa shape index (κ2) is 6.72. The zero-order chi connectivity index (χ0) is 15.4. The Labute approximate surface area is 130 Å². The van der Waals surface area contributed by atoms with Crippen molar-refractivity contribution in [1.82, 2.24) is 0 Å². The molecule has 0 saturated heterocycles. The Balaban J connectivity index is 2.24. The molecule has 0 heterocycles. The van der Waals surface area contributed by atoms with E-state index in [0.717, 1.165) is 0 Å². The molecule has 5 heteroatoms. The van der Waals surface area contributed by atoms with E-state index >= 15 is 0 Å². The largest absolute Gasteiger partial charge is 0.493 e. The van der Waals surface area contributed by atoms with Crippen molar-refractivity contribution >= 4 is 21.7 Å². The quantitative estimate of drug-likeness (QED) is 0.762. The molecule has 2 rings (SSSR count). The molecule has 0 aliphatic carbocycles. The number of rotatable bonds is 5. The molecular weight excluding hydrogens is 339 g/mol. The normalized spacial score (nSPS) is 10.3. The summed E-state index contributed by atoms with van der Waals surface area (Å²) >= 11 is 3.21. The maximum atomic E-state index is 13.3. The highest BCUT2D eigenvalue weighted by Gasteiger charge is 2.12. The van der Waals surface area contributed by atoms with Crippen LogP contribution < -0.4 is 9.47 Å². The summed E-state index contributed by atoms with van der Waals surface area (Å²) in [5.41, 5.74) is 1.11. The average Bonchev–Trinajstić information content (AvgIpc) is 2.45. The molecule has 0 radical (unpaired) electrons. The van der Waals surface area contributed by atoms with Crippen LogP contribution in [0.25, 0.3) is 0 Å². The van der Waals surface area contributed by atoms with Crippen LogP contribution in [0.3, 0.4) is 0 Å². The summed E-state index contributed by atoms with van der Waals surface area (Å²) < 4.78 is 24.2. The van der Waals surface area contributed by atoms with Crippen LogP contribution in [-0.2, 0) is 6.42 Å². The first-order valence-corrected chi connectivity index (χ1v) is 7.03. The van der Waals surface area contributed by atoms with Gasteiger partial charge in [-0.25, -0.2) is 4.39 Å². The van der Waals surface area contributed by atoms with Gasteiger partial charge in [0, 0.05) is 16.5 Å². The first-order valence-electron chi connectivity index (χ1n) is 6.23. The molecule has 0 aromatic heterocycles. The first kappa shape index (κ1) is 15.5. The summed E-state index contributed by atoms with van der Waals surface area (Å²) in [5, 5.41) is 0. The molecule has 0 fully saturated rings. The number of halogens is 2. The fraction of sp³-hybridized carbons (Fsp3) is 0.188. The van der Waals surface area contributed by atoms with E-state index in [1.165, 1.54) is 26.4 Å². The topological polar surface area (TPSA) is 35.5 Å². The van der Waals surface area contributed by atoms with Crippen LogP contribution in [0, 0.1) is 5.82 Å². The lowest BCUT2D eigenvalue weighted by molar-refractivity contribution is 0.0992.